The van der Waals surface area contributed by atoms with Crippen LogP contribution < -0.4 is 11.2 Å². The van der Waals surface area contributed by atoms with Crippen LogP contribution in [-0.2, 0) is 6.54 Å². The van der Waals surface area contributed by atoms with Crippen LogP contribution in [0.4, 0.5) is 0 Å². The average Bonchev–Trinajstić information content (AvgIpc) is 3.48. The fourth-order valence-corrected chi connectivity index (χ4v) is 3.86. The molecule has 30 heavy (non-hydrogen) atoms. The molecule has 0 saturated heterocycles. The van der Waals surface area contributed by atoms with Gasteiger partial charge in [0.15, 0.2) is 11.2 Å². The van der Waals surface area contributed by atoms with Crippen molar-refractivity contribution in [2.45, 2.75) is 32.4 Å². The number of aryl methyl sites for hydroxylation is 1. The molecule has 4 aromatic rings. The van der Waals surface area contributed by atoms with Gasteiger partial charge in [-0.3, -0.25) is 9.36 Å². The van der Waals surface area contributed by atoms with Gasteiger partial charge in [0.25, 0.3) is 5.56 Å². The highest BCUT2D eigenvalue weighted by Crippen LogP contribution is 2.32. The van der Waals surface area contributed by atoms with Gasteiger partial charge in [0, 0.05) is 12.6 Å². The molecule has 2 heterocycles. The summed E-state index contributed by atoms with van der Waals surface area (Å²) in [6.45, 7) is 2.35. The number of benzene rings is 2. The number of imidazole rings is 1. The molecule has 2 aromatic heterocycles. The second kappa shape index (κ2) is 6.85. The first-order valence-electron chi connectivity index (χ1n) is 9.85. The number of nitriles is 1. The van der Waals surface area contributed by atoms with Crippen molar-refractivity contribution in [3.05, 3.63) is 92.4 Å². The van der Waals surface area contributed by atoms with Crippen LogP contribution in [0.5, 0.6) is 0 Å². The van der Waals surface area contributed by atoms with Crippen molar-refractivity contribution < 1.29 is 0 Å². The highest BCUT2D eigenvalue weighted by molar-refractivity contribution is 5.72. The maximum Gasteiger partial charge on any atom is 0.337 e. The molecule has 0 spiro atoms. The summed E-state index contributed by atoms with van der Waals surface area (Å²) in [6.07, 6.45) is 3.24. The third-order valence-corrected chi connectivity index (χ3v) is 5.43. The largest absolute Gasteiger partial charge is 0.337 e. The summed E-state index contributed by atoms with van der Waals surface area (Å²) in [4.78, 5) is 31.1. The quantitative estimate of drug-likeness (QED) is 0.530. The Morgan fingerprint density at radius 3 is 2.67 bits per heavy atom. The molecule has 5 rings (SSSR count). The molecule has 2 aromatic carbocycles. The fraction of sp³-hybridized carbons (Fsp3) is 0.217. The van der Waals surface area contributed by atoms with Crippen LogP contribution in [0.1, 0.15) is 35.6 Å². The van der Waals surface area contributed by atoms with Crippen molar-refractivity contribution in [1.29, 1.82) is 5.26 Å². The van der Waals surface area contributed by atoms with Crippen molar-refractivity contribution >= 4 is 11.2 Å². The summed E-state index contributed by atoms with van der Waals surface area (Å²) in [6, 6.07) is 17.0. The number of fused-ring (bicyclic) bond motifs is 1. The topological polar surface area (TPSA) is 85.6 Å². The van der Waals surface area contributed by atoms with Crippen LogP contribution in [0.15, 0.2) is 64.4 Å². The van der Waals surface area contributed by atoms with Gasteiger partial charge in [0.05, 0.1) is 23.6 Å². The third-order valence-electron chi connectivity index (χ3n) is 5.43. The fourth-order valence-electron chi connectivity index (χ4n) is 3.86. The zero-order valence-electron chi connectivity index (χ0n) is 16.4. The summed E-state index contributed by atoms with van der Waals surface area (Å²) in [5.41, 5.74) is 3.24. The van der Waals surface area contributed by atoms with E-state index in [-0.39, 0.29) is 17.3 Å². The molecule has 1 fully saturated rings. The maximum atomic E-state index is 13.3. The number of rotatable bonds is 4. The summed E-state index contributed by atoms with van der Waals surface area (Å²) in [5.74, 6) is 0. The lowest BCUT2D eigenvalue weighted by molar-refractivity contribution is 0.639. The monoisotopic (exact) mass is 397 g/mol. The Morgan fingerprint density at radius 2 is 1.93 bits per heavy atom. The van der Waals surface area contributed by atoms with Crippen molar-refractivity contribution in [3.63, 3.8) is 0 Å². The van der Waals surface area contributed by atoms with Gasteiger partial charge in [-0.2, -0.15) is 5.26 Å². The second-order valence-corrected chi connectivity index (χ2v) is 7.72. The SMILES string of the molecule is Cc1cccc(-n2c(=O)n(C3CC3)c(=O)c3c2ncn3Cc2cccc(C#N)c2)c1. The maximum absolute atomic E-state index is 13.3. The van der Waals surface area contributed by atoms with Gasteiger partial charge in [-0.25, -0.2) is 14.3 Å². The highest BCUT2D eigenvalue weighted by atomic mass is 16.2. The molecule has 0 aliphatic heterocycles. The molecule has 1 aliphatic rings. The van der Waals surface area contributed by atoms with Crippen LogP contribution in [0.3, 0.4) is 0 Å². The Hall–Kier alpha value is -3.92. The smallest absolute Gasteiger partial charge is 0.320 e. The van der Waals surface area contributed by atoms with Crippen LogP contribution in [-0.4, -0.2) is 18.7 Å². The molecule has 1 aliphatic carbocycles. The molecule has 0 radical (unpaired) electrons. The van der Waals surface area contributed by atoms with Gasteiger partial charge in [-0.15, -0.1) is 0 Å². The van der Waals surface area contributed by atoms with E-state index < -0.39 is 0 Å². The van der Waals surface area contributed by atoms with E-state index in [0.717, 1.165) is 24.0 Å². The zero-order chi connectivity index (χ0) is 20.8. The predicted molar refractivity (Wildman–Crippen MR) is 113 cm³/mol. The summed E-state index contributed by atoms with van der Waals surface area (Å²) in [5, 5.41) is 9.16. The molecule has 7 heteroatoms. The van der Waals surface area contributed by atoms with Crippen LogP contribution in [0.25, 0.3) is 16.9 Å². The molecule has 0 bridgehead atoms. The Morgan fingerprint density at radius 1 is 1.13 bits per heavy atom. The van der Waals surface area contributed by atoms with Crippen LogP contribution >= 0.6 is 0 Å². The first-order chi connectivity index (χ1) is 14.6. The molecule has 1 saturated carbocycles. The number of hydrogen-bond donors (Lipinski definition) is 0. The van der Waals surface area contributed by atoms with Crippen molar-refractivity contribution in [2.24, 2.45) is 0 Å². The van der Waals surface area contributed by atoms with E-state index in [0.29, 0.717) is 29.0 Å². The lowest BCUT2D eigenvalue weighted by Crippen LogP contribution is -2.39. The molecular formula is C23H19N5O2. The molecule has 0 N–H and O–H groups in total. The molecule has 0 unspecified atom stereocenters. The Balaban J connectivity index is 1.77. The zero-order valence-corrected chi connectivity index (χ0v) is 16.4. The Labute approximate surface area is 172 Å². The number of hydrogen-bond acceptors (Lipinski definition) is 4. The van der Waals surface area contributed by atoms with Gasteiger partial charge in [0.1, 0.15) is 0 Å². The van der Waals surface area contributed by atoms with Crippen LogP contribution in [0, 0.1) is 18.3 Å². The van der Waals surface area contributed by atoms with Gasteiger partial charge >= 0.3 is 5.69 Å². The lowest BCUT2D eigenvalue weighted by Gasteiger charge is -2.13. The standard InChI is InChI=1S/C23H19N5O2/c1-15-4-2-7-19(10-15)27-21-20(22(29)28(23(27)30)18-8-9-18)26(14-25-21)13-17-6-3-5-16(11-17)12-24/h2-7,10-11,14,18H,8-9,13H2,1H3. The first-order valence-corrected chi connectivity index (χ1v) is 9.85. The van der Waals surface area contributed by atoms with Gasteiger partial charge < -0.3 is 4.57 Å². The predicted octanol–water partition coefficient (Wildman–Crippen LogP) is 2.91. The van der Waals surface area contributed by atoms with Gasteiger partial charge in [0.2, 0.25) is 0 Å². The minimum atomic E-state index is -0.350. The highest BCUT2D eigenvalue weighted by Gasteiger charge is 2.30. The van der Waals surface area contributed by atoms with E-state index >= 15 is 0 Å². The minimum absolute atomic E-state index is 0.0595. The molecule has 0 amide bonds. The molecule has 148 valence electrons. The Bertz CT molecular complexity index is 1450. The summed E-state index contributed by atoms with van der Waals surface area (Å²) >= 11 is 0. The van der Waals surface area contributed by atoms with Crippen LogP contribution in [0.2, 0.25) is 0 Å². The van der Waals surface area contributed by atoms with Gasteiger partial charge in [-0.1, -0.05) is 24.3 Å². The average molecular weight is 397 g/mol. The Kier molecular flexibility index (Phi) is 4.14. The third kappa shape index (κ3) is 2.94. The summed E-state index contributed by atoms with van der Waals surface area (Å²) < 4.78 is 4.66. The number of aromatic nitrogens is 4. The van der Waals surface area contributed by atoms with E-state index in [1.165, 1.54) is 9.13 Å². The van der Waals surface area contributed by atoms with Crippen molar-refractivity contribution in [3.8, 4) is 11.8 Å². The second-order valence-electron chi connectivity index (χ2n) is 7.72. The van der Waals surface area contributed by atoms with E-state index in [1.807, 2.05) is 43.3 Å². The minimum Gasteiger partial charge on any atom is -0.320 e. The van der Waals surface area contributed by atoms with E-state index in [4.69, 9.17) is 5.26 Å². The van der Waals surface area contributed by atoms with E-state index in [2.05, 4.69) is 11.1 Å². The van der Waals surface area contributed by atoms with Crippen molar-refractivity contribution in [1.82, 2.24) is 18.7 Å². The van der Waals surface area contributed by atoms with Crippen molar-refractivity contribution in [2.75, 3.05) is 0 Å². The molecular weight excluding hydrogens is 378 g/mol. The number of nitrogens with zero attached hydrogens (tertiary/aromatic N) is 5. The van der Waals surface area contributed by atoms with E-state index in [9.17, 15) is 9.59 Å². The summed E-state index contributed by atoms with van der Waals surface area (Å²) in [7, 11) is 0. The molecule has 7 nitrogen and oxygen atoms in total. The van der Waals surface area contributed by atoms with E-state index in [1.54, 1.807) is 23.0 Å². The van der Waals surface area contributed by atoms with Gasteiger partial charge in [-0.05, 0) is 55.2 Å². The lowest BCUT2D eigenvalue weighted by atomic mass is 10.1. The normalized spacial score (nSPS) is 13.5. The first kappa shape index (κ1) is 18.1. The molecule has 0 atom stereocenters.